The highest BCUT2D eigenvalue weighted by molar-refractivity contribution is 5.41. The summed E-state index contributed by atoms with van der Waals surface area (Å²) in [7, 11) is 1.71. The zero-order valence-electron chi connectivity index (χ0n) is 8.92. The van der Waals surface area contributed by atoms with E-state index in [1.165, 1.54) is 19.0 Å². The predicted molar refractivity (Wildman–Crippen MR) is 57.3 cm³/mol. The first-order valence-corrected chi connectivity index (χ1v) is 5.17. The average molecular weight is 210 g/mol. The summed E-state index contributed by atoms with van der Waals surface area (Å²) in [5.41, 5.74) is 0. The number of nitrogens with zero attached hydrogens (tertiary/aromatic N) is 2. The minimum absolute atomic E-state index is 0.277. The first-order valence-electron chi connectivity index (χ1n) is 5.17. The Balaban J connectivity index is 2.11. The molecule has 1 unspecified atom stereocenters. The molecule has 1 aliphatic rings. The molecule has 1 fully saturated rings. The van der Waals surface area contributed by atoms with Crippen LogP contribution in [0, 0.1) is 11.7 Å². The minimum atomic E-state index is -0.401. The van der Waals surface area contributed by atoms with Crippen LogP contribution in [0.2, 0.25) is 0 Å². The number of anilines is 2. The molecule has 1 saturated carbocycles. The zero-order valence-corrected chi connectivity index (χ0v) is 8.92. The molecule has 0 aromatic carbocycles. The summed E-state index contributed by atoms with van der Waals surface area (Å²) in [6.45, 7) is 2.05. The molecule has 4 nitrogen and oxygen atoms in total. The van der Waals surface area contributed by atoms with E-state index in [1.807, 2.05) is 0 Å². The lowest BCUT2D eigenvalue weighted by Gasteiger charge is -2.14. The fraction of sp³-hybridized carbons (Fsp3) is 0.600. The third-order valence-corrected chi connectivity index (χ3v) is 2.66. The fourth-order valence-electron chi connectivity index (χ4n) is 1.52. The monoisotopic (exact) mass is 210 g/mol. The van der Waals surface area contributed by atoms with Gasteiger partial charge in [-0.15, -0.1) is 0 Å². The van der Waals surface area contributed by atoms with Crippen LogP contribution in [0.1, 0.15) is 19.8 Å². The topological polar surface area (TPSA) is 49.8 Å². The van der Waals surface area contributed by atoms with Crippen LogP contribution in [0.3, 0.4) is 0 Å². The first-order chi connectivity index (χ1) is 7.20. The molecule has 1 aromatic heterocycles. The van der Waals surface area contributed by atoms with E-state index in [0.29, 0.717) is 11.9 Å². The number of nitrogens with one attached hydrogen (secondary N) is 2. The smallest absolute Gasteiger partial charge is 0.224 e. The second kappa shape index (κ2) is 4.00. The Morgan fingerprint density at radius 3 is 2.87 bits per heavy atom. The lowest BCUT2D eigenvalue weighted by molar-refractivity contribution is 0.606. The highest BCUT2D eigenvalue weighted by Crippen LogP contribution is 2.34. The molecule has 82 valence electrons. The Labute approximate surface area is 88.3 Å². The Morgan fingerprint density at radius 2 is 2.27 bits per heavy atom. The van der Waals surface area contributed by atoms with Gasteiger partial charge in [-0.05, 0) is 25.7 Å². The molecule has 1 aromatic rings. The van der Waals surface area contributed by atoms with E-state index >= 15 is 0 Å². The van der Waals surface area contributed by atoms with E-state index in [1.54, 1.807) is 7.05 Å². The first kappa shape index (κ1) is 10.1. The fourth-order valence-corrected chi connectivity index (χ4v) is 1.52. The lowest BCUT2D eigenvalue weighted by Crippen LogP contribution is -2.19. The van der Waals surface area contributed by atoms with Crippen LogP contribution in [0.25, 0.3) is 0 Å². The lowest BCUT2D eigenvalue weighted by atomic mass is 10.2. The molecule has 5 heteroatoms. The molecule has 2 rings (SSSR count). The van der Waals surface area contributed by atoms with E-state index in [-0.39, 0.29) is 11.9 Å². The Kier molecular flexibility index (Phi) is 2.70. The maximum Gasteiger partial charge on any atom is 0.224 e. The largest absolute Gasteiger partial charge is 0.365 e. The number of hydrogen-bond acceptors (Lipinski definition) is 4. The van der Waals surface area contributed by atoms with Crippen LogP contribution in [0.5, 0.6) is 0 Å². The van der Waals surface area contributed by atoms with Gasteiger partial charge in [-0.1, -0.05) is 0 Å². The summed E-state index contributed by atoms with van der Waals surface area (Å²) >= 11 is 0. The van der Waals surface area contributed by atoms with Crippen molar-refractivity contribution in [2.75, 3.05) is 17.7 Å². The Hall–Kier alpha value is -1.39. The van der Waals surface area contributed by atoms with E-state index in [4.69, 9.17) is 0 Å². The molecule has 0 radical (unpaired) electrons. The summed E-state index contributed by atoms with van der Waals surface area (Å²) < 4.78 is 13.3. The van der Waals surface area contributed by atoms with Crippen molar-refractivity contribution in [3.05, 3.63) is 12.0 Å². The SMILES string of the molecule is CNc1ncc(F)c(NC(C)C2CC2)n1. The van der Waals surface area contributed by atoms with E-state index in [0.717, 1.165) is 0 Å². The van der Waals surface area contributed by atoms with Gasteiger partial charge in [0.25, 0.3) is 0 Å². The second-order valence-electron chi connectivity index (χ2n) is 3.91. The second-order valence-corrected chi connectivity index (χ2v) is 3.91. The van der Waals surface area contributed by atoms with Gasteiger partial charge in [-0.3, -0.25) is 0 Å². The minimum Gasteiger partial charge on any atom is -0.365 e. The van der Waals surface area contributed by atoms with Gasteiger partial charge >= 0.3 is 0 Å². The number of halogens is 1. The van der Waals surface area contributed by atoms with Gasteiger partial charge in [-0.25, -0.2) is 9.37 Å². The molecule has 0 saturated heterocycles. The van der Waals surface area contributed by atoms with E-state index < -0.39 is 5.82 Å². The van der Waals surface area contributed by atoms with Crippen LogP contribution in [-0.2, 0) is 0 Å². The molecule has 0 bridgehead atoms. The van der Waals surface area contributed by atoms with Gasteiger partial charge in [0.05, 0.1) is 6.20 Å². The van der Waals surface area contributed by atoms with Crippen molar-refractivity contribution >= 4 is 11.8 Å². The predicted octanol–water partition coefficient (Wildman–Crippen LogP) is 1.87. The van der Waals surface area contributed by atoms with Crippen molar-refractivity contribution < 1.29 is 4.39 Å². The van der Waals surface area contributed by atoms with E-state index in [9.17, 15) is 4.39 Å². The molecule has 0 spiro atoms. The van der Waals surface area contributed by atoms with Gasteiger partial charge in [0.15, 0.2) is 11.6 Å². The van der Waals surface area contributed by atoms with Crippen molar-refractivity contribution in [3.8, 4) is 0 Å². The zero-order chi connectivity index (χ0) is 10.8. The number of hydrogen-bond donors (Lipinski definition) is 2. The highest BCUT2D eigenvalue weighted by Gasteiger charge is 2.28. The third-order valence-electron chi connectivity index (χ3n) is 2.66. The third kappa shape index (κ3) is 2.34. The maximum absolute atomic E-state index is 13.3. The normalized spacial score (nSPS) is 17.3. The summed E-state index contributed by atoms with van der Waals surface area (Å²) in [6.07, 6.45) is 3.63. The molecule has 1 atom stereocenters. The number of aromatic nitrogens is 2. The standard InChI is InChI=1S/C10H15FN4/c1-6(7-3-4-7)14-9-8(11)5-13-10(12-2)15-9/h5-7H,3-4H2,1-2H3,(H2,12,13,14,15). The van der Waals surface area contributed by atoms with Gasteiger partial charge in [0.2, 0.25) is 5.95 Å². The summed E-state index contributed by atoms with van der Waals surface area (Å²) in [4.78, 5) is 7.82. The van der Waals surface area contributed by atoms with Crippen LogP contribution < -0.4 is 10.6 Å². The van der Waals surface area contributed by atoms with E-state index in [2.05, 4.69) is 27.5 Å². The Bertz CT molecular complexity index is 351. The van der Waals surface area contributed by atoms with Crippen molar-refractivity contribution in [2.45, 2.75) is 25.8 Å². The van der Waals surface area contributed by atoms with Gasteiger partial charge in [-0.2, -0.15) is 4.98 Å². The maximum atomic E-state index is 13.3. The molecule has 0 amide bonds. The Morgan fingerprint density at radius 1 is 1.53 bits per heavy atom. The van der Waals surface area contributed by atoms with Crippen LogP contribution in [-0.4, -0.2) is 23.1 Å². The summed E-state index contributed by atoms with van der Waals surface area (Å²) in [6, 6.07) is 0.277. The van der Waals surface area contributed by atoms with Crippen molar-refractivity contribution in [1.82, 2.24) is 9.97 Å². The van der Waals surface area contributed by atoms with Crippen molar-refractivity contribution in [2.24, 2.45) is 5.92 Å². The molecule has 1 aliphatic carbocycles. The molecular formula is C10H15FN4. The van der Waals surface area contributed by atoms with Gasteiger partial charge < -0.3 is 10.6 Å². The van der Waals surface area contributed by atoms with Gasteiger partial charge in [0, 0.05) is 13.1 Å². The van der Waals surface area contributed by atoms with Crippen LogP contribution >= 0.6 is 0 Å². The molecular weight excluding hydrogens is 195 g/mol. The highest BCUT2D eigenvalue weighted by atomic mass is 19.1. The van der Waals surface area contributed by atoms with Crippen molar-refractivity contribution in [3.63, 3.8) is 0 Å². The average Bonchev–Trinajstić information content (AvgIpc) is 3.04. The quantitative estimate of drug-likeness (QED) is 0.796. The van der Waals surface area contributed by atoms with Crippen molar-refractivity contribution in [1.29, 1.82) is 0 Å². The van der Waals surface area contributed by atoms with Crippen LogP contribution in [0.15, 0.2) is 6.20 Å². The molecule has 0 aliphatic heterocycles. The van der Waals surface area contributed by atoms with Gasteiger partial charge in [0.1, 0.15) is 0 Å². The summed E-state index contributed by atoms with van der Waals surface area (Å²) in [5.74, 6) is 0.981. The number of rotatable bonds is 4. The molecule has 1 heterocycles. The molecule has 15 heavy (non-hydrogen) atoms. The van der Waals surface area contributed by atoms with Crippen LogP contribution in [0.4, 0.5) is 16.2 Å². The molecule has 2 N–H and O–H groups in total. The summed E-state index contributed by atoms with van der Waals surface area (Å²) in [5, 5.41) is 5.86.